The van der Waals surface area contributed by atoms with Crippen molar-refractivity contribution in [2.24, 2.45) is 0 Å². The third-order valence-corrected chi connectivity index (χ3v) is 3.66. The second-order valence-electron chi connectivity index (χ2n) is 6.33. The topological polar surface area (TPSA) is 17.8 Å². The van der Waals surface area contributed by atoms with E-state index in [1.54, 1.807) is 0 Å². The lowest BCUT2D eigenvalue weighted by molar-refractivity contribution is 0.590. The van der Waals surface area contributed by atoms with Gasteiger partial charge in [-0.3, -0.25) is 0 Å². The third-order valence-electron chi connectivity index (χ3n) is 3.66. The van der Waals surface area contributed by atoms with Crippen LogP contribution >= 0.6 is 0 Å². The smallest absolute Gasteiger partial charge is 0.0999 e. The molecule has 21 heavy (non-hydrogen) atoms. The van der Waals surface area contributed by atoms with E-state index in [1.165, 1.54) is 5.56 Å². The molecule has 0 radical (unpaired) electrons. The Bertz CT molecular complexity index is 734. The Kier molecular flexibility index (Phi) is 3.38. The van der Waals surface area contributed by atoms with E-state index >= 15 is 0 Å². The second-order valence-corrected chi connectivity index (χ2v) is 6.33. The molecule has 0 saturated carbocycles. The summed E-state index contributed by atoms with van der Waals surface area (Å²) in [7, 11) is 0. The van der Waals surface area contributed by atoms with Gasteiger partial charge >= 0.3 is 0 Å². The molecule has 3 aromatic rings. The van der Waals surface area contributed by atoms with E-state index in [2.05, 4.69) is 72.9 Å². The molecular formula is C19H20N2. The lowest BCUT2D eigenvalue weighted by atomic mass is 9.87. The van der Waals surface area contributed by atoms with Crippen molar-refractivity contribution in [2.75, 3.05) is 0 Å². The SMILES string of the molecule is CC(C)(C)c1cccc(-n2cnc(-c3ccccc3)c2)c1. The molecule has 2 nitrogen and oxygen atoms in total. The van der Waals surface area contributed by atoms with Crippen LogP contribution in [0.25, 0.3) is 16.9 Å². The molecule has 106 valence electrons. The predicted octanol–water partition coefficient (Wildman–Crippen LogP) is 4.84. The van der Waals surface area contributed by atoms with Crippen LogP contribution in [0.2, 0.25) is 0 Å². The Morgan fingerprint density at radius 2 is 1.67 bits per heavy atom. The molecule has 3 rings (SSSR count). The number of hydrogen-bond acceptors (Lipinski definition) is 1. The van der Waals surface area contributed by atoms with E-state index < -0.39 is 0 Å². The number of hydrogen-bond donors (Lipinski definition) is 0. The van der Waals surface area contributed by atoms with Gasteiger partial charge in [0.1, 0.15) is 0 Å². The van der Waals surface area contributed by atoms with Crippen LogP contribution in [0.4, 0.5) is 0 Å². The van der Waals surface area contributed by atoms with Gasteiger partial charge < -0.3 is 4.57 Å². The summed E-state index contributed by atoms with van der Waals surface area (Å²) in [5.41, 5.74) is 4.77. The van der Waals surface area contributed by atoms with Crippen molar-refractivity contribution in [1.82, 2.24) is 9.55 Å². The molecule has 2 aromatic carbocycles. The van der Waals surface area contributed by atoms with Crippen molar-refractivity contribution in [3.8, 4) is 16.9 Å². The number of benzene rings is 2. The van der Waals surface area contributed by atoms with Crippen LogP contribution < -0.4 is 0 Å². The van der Waals surface area contributed by atoms with E-state index in [9.17, 15) is 0 Å². The number of nitrogens with zero attached hydrogens (tertiary/aromatic N) is 2. The first-order valence-corrected chi connectivity index (χ1v) is 7.24. The first-order valence-electron chi connectivity index (χ1n) is 7.24. The molecular weight excluding hydrogens is 256 g/mol. The molecule has 1 aromatic heterocycles. The monoisotopic (exact) mass is 276 g/mol. The van der Waals surface area contributed by atoms with E-state index in [4.69, 9.17) is 0 Å². The minimum atomic E-state index is 0.152. The molecule has 0 amide bonds. The Labute approximate surface area is 126 Å². The average Bonchev–Trinajstić information content (AvgIpc) is 2.97. The normalized spacial score (nSPS) is 11.6. The number of aromatic nitrogens is 2. The fourth-order valence-electron chi connectivity index (χ4n) is 2.36. The van der Waals surface area contributed by atoms with Gasteiger partial charge in [0.2, 0.25) is 0 Å². The Morgan fingerprint density at radius 3 is 2.38 bits per heavy atom. The maximum absolute atomic E-state index is 4.52. The molecule has 0 saturated heterocycles. The fourth-order valence-corrected chi connectivity index (χ4v) is 2.36. The van der Waals surface area contributed by atoms with E-state index in [1.807, 2.05) is 24.5 Å². The standard InChI is InChI=1S/C19H20N2/c1-19(2,3)16-10-7-11-17(12-16)21-13-18(20-14-21)15-8-5-4-6-9-15/h4-14H,1-3H3. The van der Waals surface area contributed by atoms with Crippen LogP contribution in [0, 0.1) is 0 Å². The van der Waals surface area contributed by atoms with Gasteiger partial charge in [0.25, 0.3) is 0 Å². The van der Waals surface area contributed by atoms with Crippen molar-refractivity contribution in [2.45, 2.75) is 26.2 Å². The summed E-state index contributed by atoms with van der Waals surface area (Å²) in [6.45, 7) is 6.69. The molecule has 0 aliphatic rings. The summed E-state index contributed by atoms with van der Waals surface area (Å²) in [5, 5.41) is 0. The van der Waals surface area contributed by atoms with Gasteiger partial charge in [0.05, 0.1) is 12.0 Å². The molecule has 2 heteroatoms. The fraction of sp³-hybridized carbons (Fsp3) is 0.211. The third kappa shape index (κ3) is 2.89. The lowest BCUT2D eigenvalue weighted by Crippen LogP contribution is -2.11. The first kappa shape index (κ1) is 13.6. The highest BCUT2D eigenvalue weighted by molar-refractivity contribution is 5.58. The number of rotatable bonds is 2. The molecule has 0 N–H and O–H groups in total. The molecule has 0 aliphatic carbocycles. The van der Waals surface area contributed by atoms with Crippen LogP contribution in [0.5, 0.6) is 0 Å². The molecule has 0 aliphatic heterocycles. The van der Waals surface area contributed by atoms with Gasteiger partial charge in [-0.15, -0.1) is 0 Å². The maximum atomic E-state index is 4.52. The molecule has 0 bridgehead atoms. The van der Waals surface area contributed by atoms with Gasteiger partial charge in [0, 0.05) is 17.4 Å². The van der Waals surface area contributed by atoms with Crippen molar-refractivity contribution in [3.63, 3.8) is 0 Å². The molecule has 0 atom stereocenters. The van der Waals surface area contributed by atoms with Gasteiger partial charge in [-0.2, -0.15) is 0 Å². The minimum Gasteiger partial charge on any atom is -0.306 e. The summed E-state index contributed by atoms with van der Waals surface area (Å²) in [6.07, 6.45) is 3.96. The van der Waals surface area contributed by atoms with Gasteiger partial charge in [-0.1, -0.05) is 63.2 Å². The Hall–Kier alpha value is -2.35. The van der Waals surface area contributed by atoms with Crippen LogP contribution in [-0.4, -0.2) is 9.55 Å². The molecule has 0 spiro atoms. The average molecular weight is 276 g/mol. The highest BCUT2D eigenvalue weighted by Gasteiger charge is 2.14. The lowest BCUT2D eigenvalue weighted by Gasteiger charge is -2.19. The Morgan fingerprint density at radius 1 is 0.905 bits per heavy atom. The van der Waals surface area contributed by atoms with Crippen molar-refractivity contribution < 1.29 is 0 Å². The maximum Gasteiger partial charge on any atom is 0.0999 e. The van der Waals surface area contributed by atoms with Crippen LogP contribution in [0.3, 0.4) is 0 Å². The first-order chi connectivity index (χ1) is 10.0. The van der Waals surface area contributed by atoms with Crippen molar-refractivity contribution in [1.29, 1.82) is 0 Å². The van der Waals surface area contributed by atoms with Gasteiger partial charge in [-0.25, -0.2) is 4.98 Å². The predicted molar refractivity (Wildman–Crippen MR) is 87.7 cm³/mol. The van der Waals surface area contributed by atoms with Gasteiger partial charge in [0.15, 0.2) is 0 Å². The van der Waals surface area contributed by atoms with Gasteiger partial charge in [-0.05, 0) is 23.1 Å². The quantitative estimate of drug-likeness (QED) is 0.655. The largest absolute Gasteiger partial charge is 0.306 e. The summed E-state index contributed by atoms with van der Waals surface area (Å²) in [5.74, 6) is 0. The van der Waals surface area contributed by atoms with Crippen molar-refractivity contribution in [3.05, 3.63) is 72.7 Å². The zero-order chi connectivity index (χ0) is 14.9. The van der Waals surface area contributed by atoms with Crippen LogP contribution in [-0.2, 0) is 5.41 Å². The summed E-state index contributed by atoms with van der Waals surface area (Å²) in [6, 6.07) is 18.9. The van der Waals surface area contributed by atoms with Crippen LogP contribution in [0.1, 0.15) is 26.3 Å². The molecule has 0 fully saturated rings. The van der Waals surface area contributed by atoms with Crippen LogP contribution in [0.15, 0.2) is 67.1 Å². The minimum absolute atomic E-state index is 0.152. The summed E-state index contributed by atoms with van der Waals surface area (Å²) in [4.78, 5) is 4.52. The second kappa shape index (κ2) is 5.21. The van der Waals surface area contributed by atoms with E-state index in [-0.39, 0.29) is 5.41 Å². The zero-order valence-electron chi connectivity index (χ0n) is 12.7. The zero-order valence-corrected chi connectivity index (χ0v) is 12.7. The summed E-state index contributed by atoms with van der Waals surface area (Å²) >= 11 is 0. The molecule has 1 heterocycles. The highest BCUT2D eigenvalue weighted by Crippen LogP contribution is 2.25. The Balaban J connectivity index is 1.97. The summed E-state index contributed by atoms with van der Waals surface area (Å²) < 4.78 is 2.08. The highest BCUT2D eigenvalue weighted by atomic mass is 15.0. The molecule has 0 unspecified atom stereocenters. The number of imidazole rings is 1. The van der Waals surface area contributed by atoms with E-state index in [0.717, 1.165) is 16.9 Å². The van der Waals surface area contributed by atoms with Crippen molar-refractivity contribution >= 4 is 0 Å². The van der Waals surface area contributed by atoms with E-state index in [0.29, 0.717) is 0 Å².